The minimum absolute atomic E-state index is 0.275. The maximum atomic E-state index is 12.1. The number of rotatable bonds is 1. The van der Waals surface area contributed by atoms with E-state index >= 15 is 0 Å². The van der Waals surface area contributed by atoms with E-state index in [0.29, 0.717) is 19.7 Å². The van der Waals surface area contributed by atoms with Gasteiger partial charge in [0.15, 0.2) is 0 Å². The zero-order valence-electron chi connectivity index (χ0n) is 16.5. The van der Waals surface area contributed by atoms with Gasteiger partial charge in [-0.3, -0.25) is 0 Å². The third-order valence-corrected chi connectivity index (χ3v) is 5.45. The van der Waals surface area contributed by atoms with Crippen molar-refractivity contribution in [1.82, 2.24) is 4.90 Å². The van der Waals surface area contributed by atoms with E-state index in [1.165, 1.54) is 0 Å². The SMILES string of the molecule is CC(C)(C)OC(=O)N1CC2(CC=C(B3OC(C)(C)C(C)(C)O3)CO2)C1. The smallest absolute Gasteiger partial charge is 0.444 e. The first-order valence-electron chi connectivity index (χ1n) is 8.99. The van der Waals surface area contributed by atoms with Crippen LogP contribution in [0.3, 0.4) is 0 Å². The van der Waals surface area contributed by atoms with Crippen LogP contribution in [0.2, 0.25) is 0 Å². The van der Waals surface area contributed by atoms with Crippen LogP contribution >= 0.6 is 0 Å². The highest BCUT2D eigenvalue weighted by molar-refractivity contribution is 6.54. The Morgan fingerprint density at radius 3 is 2.16 bits per heavy atom. The van der Waals surface area contributed by atoms with Gasteiger partial charge in [-0.05, 0) is 60.4 Å². The maximum Gasteiger partial charge on any atom is 0.492 e. The fourth-order valence-corrected chi connectivity index (χ4v) is 3.16. The standard InChI is InChI=1S/C18H30BNO5/c1-15(2,3)23-14(21)20-11-18(12-20)9-8-13(10-22-18)19-24-16(4,5)17(6,7)25-19/h8H,9-12H2,1-7H3. The molecule has 1 amide bonds. The summed E-state index contributed by atoms with van der Waals surface area (Å²) in [7, 11) is -0.357. The number of carbonyl (C=O) groups excluding carboxylic acids is 1. The lowest BCUT2D eigenvalue weighted by Gasteiger charge is -2.50. The lowest BCUT2D eigenvalue weighted by atomic mass is 9.74. The minimum Gasteiger partial charge on any atom is -0.444 e. The molecule has 6 nitrogen and oxygen atoms in total. The Hall–Kier alpha value is -1.05. The van der Waals surface area contributed by atoms with Gasteiger partial charge in [0.1, 0.15) is 11.2 Å². The number of hydrogen-bond donors (Lipinski definition) is 0. The fourth-order valence-electron chi connectivity index (χ4n) is 3.16. The Morgan fingerprint density at radius 2 is 1.72 bits per heavy atom. The molecule has 0 aromatic rings. The maximum absolute atomic E-state index is 12.1. The van der Waals surface area contributed by atoms with Gasteiger partial charge in [-0.2, -0.15) is 0 Å². The number of carbonyl (C=O) groups is 1. The molecule has 0 aromatic heterocycles. The number of hydrogen-bond acceptors (Lipinski definition) is 5. The van der Waals surface area contributed by atoms with Crippen molar-refractivity contribution in [3.63, 3.8) is 0 Å². The Morgan fingerprint density at radius 1 is 1.16 bits per heavy atom. The molecule has 2 fully saturated rings. The van der Waals surface area contributed by atoms with Crippen LogP contribution in [-0.4, -0.2) is 60.2 Å². The van der Waals surface area contributed by atoms with Crippen LogP contribution in [0.5, 0.6) is 0 Å². The van der Waals surface area contributed by atoms with E-state index in [1.54, 1.807) is 4.90 Å². The van der Waals surface area contributed by atoms with Gasteiger partial charge in [-0.15, -0.1) is 0 Å². The van der Waals surface area contributed by atoms with Crippen LogP contribution in [0.4, 0.5) is 4.79 Å². The van der Waals surface area contributed by atoms with Crippen molar-refractivity contribution in [2.75, 3.05) is 19.7 Å². The van der Waals surface area contributed by atoms with E-state index in [2.05, 4.69) is 6.08 Å². The second-order valence-electron chi connectivity index (χ2n) is 9.38. The summed E-state index contributed by atoms with van der Waals surface area (Å²) in [6.07, 6.45) is 2.63. The molecule has 7 heteroatoms. The van der Waals surface area contributed by atoms with Gasteiger partial charge in [0, 0.05) is 0 Å². The predicted octanol–water partition coefficient (Wildman–Crippen LogP) is 2.95. The van der Waals surface area contributed by atoms with Crippen molar-refractivity contribution >= 4 is 13.2 Å². The van der Waals surface area contributed by atoms with Crippen molar-refractivity contribution in [3.05, 3.63) is 11.5 Å². The van der Waals surface area contributed by atoms with E-state index in [4.69, 9.17) is 18.8 Å². The van der Waals surface area contributed by atoms with Crippen molar-refractivity contribution in [1.29, 1.82) is 0 Å². The molecule has 140 valence electrons. The molecule has 25 heavy (non-hydrogen) atoms. The summed E-state index contributed by atoms with van der Waals surface area (Å²) in [4.78, 5) is 13.8. The van der Waals surface area contributed by atoms with Gasteiger partial charge in [-0.25, -0.2) is 4.79 Å². The van der Waals surface area contributed by atoms with Gasteiger partial charge in [0.25, 0.3) is 0 Å². The largest absolute Gasteiger partial charge is 0.492 e. The molecule has 3 rings (SSSR count). The zero-order chi connectivity index (χ0) is 18.7. The fraction of sp³-hybridized carbons (Fsp3) is 0.833. The highest BCUT2D eigenvalue weighted by Gasteiger charge is 2.54. The predicted molar refractivity (Wildman–Crippen MR) is 95.3 cm³/mol. The number of amides is 1. The lowest BCUT2D eigenvalue weighted by molar-refractivity contribution is -0.136. The van der Waals surface area contributed by atoms with E-state index in [9.17, 15) is 4.79 Å². The van der Waals surface area contributed by atoms with Gasteiger partial charge < -0.3 is 23.7 Å². The Bertz CT molecular complexity index is 571. The summed E-state index contributed by atoms with van der Waals surface area (Å²) in [6, 6.07) is 0. The second-order valence-corrected chi connectivity index (χ2v) is 9.38. The third-order valence-electron chi connectivity index (χ3n) is 5.45. The normalized spacial score (nSPS) is 27.1. The summed E-state index contributed by atoms with van der Waals surface area (Å²) >= 11 is 0. The Balaban J connectivity index is 1.55. The van der Waals surface area contributed by atoms with Crippen LogP contribution in [-0.2, 0) is 18.8 Å². The minimum atomic E-state index is -0.475. The zero-order valence-corrected chi connectivity index (χ0v) is 16.5. The molecule has 0 saturated carbocycles. The van der Waals surface area contributed by atoms with E-state index < -0.39 is 5.60 Å². The monoisotopic (exact) mass is 351 g/mol. The summed E-state index contributed by atoms with van der Waals surface area (Å²) in [5, 5.41) is 0. The number of likely N-dealkylation sites (tertiary alicyclic amines) is 1. The average molecular weight is 351 g/mol. The summed E-state index contributed by atoms with van der Waals surface area (Å²) in [6.45, 7) is 15.4. The van der Waals surface area contributed by atoms with Crippen LogP contribution in [0.1, 0.15) is 54.9 Å². The van der Waals surface area contributed by atoms with Crippen LogP contribution < -0.4 is 0 Å². The van der Waals surface area contributed by atoms with Crippen molar-refractivity contribution in [3.8, 4) is 0 Å². The average Bonchev–Trinajstić information content (AvgIpc) is 2.63. The molecule has 3 aliphatic heterocycles. The Kier molecular flexibility index (Phi) is 4.29. The molecule has 0 aromatic carbocycles. The first-order valence-corrected chi connectivity index (χ1v) is 8.99. The number of nitrogens with zero attached hydrogens (tertiary/aromatic N) is 1. The summed E-state index contributed by atoms with van der Waals surface area (Å²) in [5.41, 5.74) is -0.434. The molecule has 0 N–H and O–H groups in total. The van der Waals surface area contributed by atoms with Crippen molar-refractivity contribution < 1.29 is 23.6 Å². The van der Waals surface area contributed by atoms with Gasteiger partial charge in [0.2, 0.25) is 0 Å². The second kappa shape index (κ2) is 5.73. The van der Waals surface area contributed by atoms with Crippen LogP contribution in [0.25, 0.3) is 0 Å². The molecule has 1 spiro atoms. The molecule has 0 bridgehead atoms. The lowest BCUT2D eigenvalue weighted by Crippen LogP contribution is -2.66. The van der Waals surface area contributed by atoms with E-state index in [-0.39, 0.29) is 30.0 Å². The van der Waals surface area contributed by atoms with Gasteiger partial charge in [0.05, 0.1) is 30.9 Å². The van der Waals surface area contributed by atoms with Crippen LogP contribution in [0, 0.1) is 0 Å². The molecular weight excluding hydrogens is 321 g/mol. The highest BCUT2D eigenvalue weighted by atomic mass is 16.7. The molecule has 3 heterocycles. The molecule has 0 aliphatic carbocycles. The van der Waals surface area contributed by atoms with Crippen molar-refractivity contribution in [2.45, 2.75) is 77.3 Å². The Labute approximate surface area is 151 Å². The van der Waals surface area contributed by atoms with E-state index in [1.807, 2.05) is 48.5 Å². The first kappa shape index (κ1) is 18.7. The summed E-state index contributed by atoms with van der Waals surface area (Å²) < 4.78 is 23.7. The molecular formula is C18H30BNO5. The molecule has 3 aliphatic rings. The molecule has 0 unspecified atom stereocenters. The summed E-state index contributed by atoms with van der Waals surface area (Å²) in [5.74, 6) is 0. The van der Waals surface area contributed by atoms with Gasteiger partial charge in [-0.1, -0.05) is 6.08 Å². The molecule has 2 saturated heterocycles. The van der Waals surface area contributed by atoms with Crippen LogP contribution in [0.15, 0.2) is 11.5 Å². The molecule has 0 atom stereocenters. The number of ether oxygens (including phenoxy) is 2. The third kappa shape index (κ3) is 3.59. The van der Waals surface area contributed by atoms with Gasteiger partial charge >= 0.3 is 13.2 Å². The quantitative estimate of drug-likeness (QED) is 0.680. The van der Waals surface area contributed by atoms with Crippen molar-refractivity contribution in [2.24, 2.45) is 0 Å². The molecule has 0 radical (unpaired) electrons. The topological polar surface area (TPSA) is 57.2 Å². The highest BCUT2D eigenvalue weighted by Crippen LogP contribution is 2.41. The first-order chi connectivity index (χ1) is 11.3. The van der Waals surface area contributed by atoms with E-state index in [0.717, 1.165) is 11.9 Å².